The molecule has 0 bridgehead atoms. The lowest BCUT2D eigenvalue weighted by Gasteiger charge is -2.10. The van der Waals surface area contributed by atoms with Gasteiger partial charge in [-0.2, -0.15) is 16.4 Å². The topological polar surface area (TPSA) is 70.7 Å². The maximum absolute atomic E-state index is 12.1. The van der Waals surface area contributed by atoms with Gasteiger partial charge in [0.05, 0.1) is 21.9 Å². The molecule has 1 amide bonds. The molecule has 142 valence electrons. The number of aromatic amines is 1. The van der Waals surface area contributed by atoms with Gasteiger partial charge in [-0.1, -0.05) is 23.5 Å². The zero-order valence-electron chi connectivity index (χ0n) is 15.3. The third-order valence-electron chi connectivity index (χ3n) is 5.31. The number of nitrogens with zero attached hydrogens (tertiary/aromatic N) is 2. The van der Waals surface area contributed by atoms with Gasteiger partial charge in [0.25, 0.3) is 0 Å². The number of thiazole rings is 1. The van der Waals surface area contributed by atoms with Crippen LogP contribution in [0.5, 0.6) is 0 Å². The number of nitrogens with one attached hydrogen (secondary N) is 2. The van der Waals surface area contributed by atoms with Crippen LogP contribution in [0, 0.1) is 5.92 Å². The summed E-state index contributed by atoms with van der Waals surface area (Å²) in [6, 6.07) is 12.7. The highest BCUT2D eigenvalue weighted by atomic mass is 32.1. The van der Waals surface area contributed by atoms with Gasteiger partial charge in [0.1, 0.15) is 0 Å². The van der Waals surface area contributed by atoms with Gasteiger partial charge in [-0.25, -0.2) is 4.98 Å². The van der Waals surface area contributed by atoms with Crippen LogP contribution in [0.25, 0.3) is 43.4 Å². The highest BCUT2D eigenvalue weighted by molar-refractivity contribution is 7.22. The number of amides is 1. The van der Waals surface area contributed by atoms with E-state index in [2.05, 4.69) is 61.6 Å². The molecule has 1 fully saturated rings. The molecule has 0 atom stereocenters. The van der Waals surface area contributed by atoms with E-state index in [1.807, 2.05) is 12.3 Å². The summed E-state index contributed by atoms with van der Waals surface area (Å²) in [5.41, 5.74) is 6.59. The summed E-state index contributed by atoms with van der Waals surface area (Å²) in [4.78, 5) is 16.7. The van der Waals surface area contributed by atoms with Crippen LogP contribution in [0.15, 0.2) is 53.4 Å². The Hall–Kier alpha value is -3.03. The number of aromatic nitrogens is 3. The minimum absolute atomic E-state index is 0.0900. The van der Waals surface area contributed by atoms with E-state index in [1.165, 1.54) is 22.5 Å². The standard InChI is InChI=1S/C22H16N4OS2/c27-21(12-1-2-12)25-22-24-18-5-3-13(9-19(18)29-22)20-15(14-7-8-28-11-14)4-6-17-16(20)10-23-26-17/h3-12H,1-2H2,(H,23,26)(H,24,25,27). The molecule has 0 spiro atoms. The van der Waals surface area contributed by atoms with Crippen molar-refractivity contribution in [3.63, 3.8) is 0 Å². The molecule has 3 aromatic heterocycles. The highest BCUT2D eigenvalue weighted by Gasteiger charge is 2.30. The SMILES string of the molecule is O=C(Nc1nc2ccc(-c3c(-c4ccsc4)ccc4[nH]ncc34)cc2s1)C1CC1. The predicted octanol–water partition coefficient (Wildman–Crippen LogP) is 5.92. The molecule has 5 aromatic rings. The van der Waals surface area contributed by atoms with E-state index in [1.54, 1.807) is 11.3 Å². The molecule has 1 aliphatic rings. The number of rotatable bonds is 4. The van der Waals surface area contributed by atoms with Gasteiger partial charge >= 0.3 is 0 Å². The second kappa shape index (κ2) is 6.50. The number of carbonyl (C=O) groups excluding carboxylic acids is 1. The Morgan fingerprint density at radius 3 is 2.90 bits per heavy atom. The van der Waals surface area contributed by atoms with Gasteiger partial charge in [0.2, 0.25) is 5.91 Å². The van der Waals surface area contributed by atoms with Crippen molar-refractivity contribution in [1.29, 1.82) is 0 Å². The van der Waals surface area contributed by atoms with Gasteiger partial charge < -0.3 is 5.32 Å². The molecule has 5 nitrogen and oxygen atoms in total. The summed E-state index contributed by atoms with van der Waals surface area (Å²) in [7, 11) is 0. The Labute approximate surface area is 174 Å². The van der Waals surface area contributed by atoms with Gasteiger partial charge in [0, 0.05) is 16.9 Å². The molecule has 29 heavy (non-hydrogen) atoms. The number of anilines is 1. The van der Waals surface area contributed by atoms with Crippen LogP contribution in [0.1, 0.15) is 12.8 Å². The number of hydrogen-bond acceptors (Lipinski definition) is 5. The van der Waals surface area contributed by atoms with Gasteiger partial charge in [0.15, 0.2) is 5.13 Å². The summed E-state index contributed by atoms with van der Waals surface area (Å²) < 4.78 is 1.06. The third kappa shape index (κ3) is 2.94. The second-order valence-electron chi connectivity index (χ2n) is 7.30. The average molecular weight is 417 g/mol. The molecule has 1 saturated carbocycles. The van der Waals surface area contributed by atoms with Crippen molar-refractivity contribution in [2.24, 2.45) is 5.92 Å². The highest BCUT2D eigenvalue weighted by Crippen LogP contribution is 2.40. The van der Waals surface area contributed by atoms with E-state index in [4.69, 9.17) is 0 Å². The third-order valence-corrected chi connectivity index (χ3v) is 6.93. The largest absolute Gasteiger partial charge is 0.302 e. The van der Waals surface area contributed by atoms with Crippen LogP contribution >= 0.6 is 22.7 Å². The molecule has 6 rings (SSSR count). The number of fused-ring (bicyclic) bond motifs is 2. The Balaban J connectivity index is 1.49. The zero-order valence-corrected chi connectivity index (χ0v) is 16.9. The number of carbonyl (C=O) groups is 1. The van der Waals surface area contributed by atoms with E-state index in [9.17, 15) is 4.79 Å². The predicted molar refractivity (Wildman–Crippen MR) is 119 cm³/mol. The summed E-state index contributed by atoms with van der Waals surface area (Å²) in [5.74, 6) is 0.261. The first kappa shape index (κ1) is 16.9. The fourth-order valence-corrected chi connectivity index (χ4v) is 5.24. The maximum atomic E-state index is 12.1. The second-order valence-corrected chi connectivity index (χ2v) is 9.11. The number of thiophene rings is 1. The molecule has 2 aromatic carbocycles. The van der Waals surface area contributed by atoms with E-state index in [0.29, 0.717) is 5.13 Å². The summed E-state index contributed by atoms with van der Waals surface area (Å²) in [6.07, 6.45) is 3.86. The average Bonchev–Trinajstić information content (AvgIpc) is 3.11. The molecule has 2 N–H and O–H groups in total. The quantitative estimate of drug-likeness (QED) is 0.382. The molecule has 0 radical (unpaired) electrons. The lowest BCUT2D eigenvalue weighted by molar-refractivity contribution is -0.117. The Bertz CT molecular complexity index is 1360. The molecule has 0 unspecified atom stereocenters. The van der Waals surface area contributed by atoms with Crippen molar-refractivity contribution >= 4 is 54.8 Å². The van der Waals surface area contributed by atoms with E-state index in [-0.39, 0.29) is 11.8 Å². The number of benzene rings is 2. The fourth-order valence-electron chi connectivity index (χ4n) is 3.67. The zero-order chi connectivity index (χ0) is 19.4. The van der Waals surface area contributed by atoms with Crippen LogP contribution in [0.2, 0.25) is 0 Å². The van der Waals surface area contributed by atoms with E-state index < -0.39 is 0 Å². The smallest absolute Gasteiger partial charge is 0.229 e. The maximum Gasteiger partial charge on any atom is 0.229 e. The minimum Gasteiger partial charge on any atom is -0.302 e. The molecule has 3 heterocycles. The molecule has 0 saturated heterocycles. The normalized spacial score (nSPS) is 13.9. The molecule has 7 heteroatoms. The lowest BCUT2D eigenvalue weighted by atomic mass is 9.93. The van der Waals surface area contributed by atoms with Crippen LogP contribution < -0.4 is 5.32 Å². The first-order valence-corrected chi connectivity index (χ1v) is 11.2. The molecule has 1 aliphatic carbocycles. The summed E-state index contributed by atoms with van der Waals surface area (Å²) in [5, 5.41) is 16.3. The van der Waals surface area contributed by atoms with Crippen molar-refractivity contribution in [3.8, 4) is 22.3 Å². The van der Waals surface area contributed by atoms with Crippen LogP contribution in [-0.4, -0.2) is 21.1 Å². The summed E-state index contributed by atoms with van der Waals surface area (Å²) in [6.45, 7) is 0. The van der Waals surface area contributed by atoms with Crippen molar-refractivity contribution in [2.45, 2.75) is 12.8 Å². The fraction of sp³-hybridized carbons (Fsp3) is 0.136. The van der Waals surface area contributed by atoms with Gasteiger partial charge in [-0.05, 0) is 64.6 Å². The van der Waals surface area contributed by atoms with Gasteiger partial charge in [-0.3, -0.25) is 9.89 Å². The Kier molecular flexibility index (Phi) is 3.79. The van der Waals surface area contributed by atoms with Crippen molar-refractivity contribution in [3.05, 3.63) is 53.4 Å². The Morgan fingerprint density at radius 2 is 2.07 bits per heavy atom. The van der Waals surface area contributed by atoms with Crippen LogP contribution in [0.3, 0.4) is 0 Å². The van der Waals surface area contributed by atoms with Crippen LogP contribution in [-0.2, 0) is 4.79 Å². The van der Waals surface area contributed by atoms with E-state index in [0.717, 1.165) is 45.1 Å². The van der Waals surface area contributed by atoms with Crippen LogP contribution in [0.4, 0.5) is 5.13 Å². The molecular formula is C22H16N4OS2. The van der Waals surface area contributed by atoms with E-state index >= 15 is 0 Å². The number of H-pyrrole nitrogens is 1. The monoisotopic (exact) mass is 416 g/mol. The first-order chi connectivity index (χ1) is 14.3. The molecule has 0 aliphatic heterocycles. The van der Waals surface area contributed by atoms with Crippen molar-refractivity contribution in [2.75, 3.05) is 5.32 Å². The van der Waals surface area contributed by atoms with Crippen molar-refractivity contribution < 1.29 is 4.79 Å². The Morgan fingerprint density at radius 1 is 1.14 bits per heavy atom. The lowest BCUT2D eigenvalue weighted by Crippen LogP contribution is -2.12. The van der Waals surface area contributed by atoms with Crippen molar-refractivity contribution in [1.82, 2.24) is 15.2 Å². The minimum atomic E-state index is 0.0900. The number of hydrogen-bond donors (Lipinski definition) is 2. The van der Waals surface area contributed by atoms with Gasteiger partial charge in [-0.15, -0.1) is 0 Å². The summed E-state index contributed by atoms with van der Waals surface area (Å²) >= 11 is 3.22. The first-order valence-electron chi connectivity index (χ1n) is 9.47. The molecular weight excluding hydrogens is 400 g/mol.